The van der Waals surface area contributed by atoms with Gasteiger partial charge in [0.15, 0.2) is 0 Å². The zero-order valence-electron chi connectivity index (χ0n) is 14.0. The summed E-state index contributed by atoms with van der Waals surface area (Å²) in [6.07, 6.45) is 3.25. The summed E-state index contributed by atoms with van der Waals surface area (Å²) in [5.74, 6) is 0.0706. The molecule has 0 saturated heterocycles. The van der Waals surface area contributed by atoms with E-state index in [2.05, 4.69) is 29.6 Å². The van der Waals surface area contributed by atoms with Gasteiger partial charge in [0.05, 0.1) is 12.6 Å². The Balaban J connectivity index is 1.56. The second kappa shape index (κ2) is 7.82. The molecule has 1 aliphatic carbocycles. The molecule has 126 valence electrons. The van der Waals surface area contributed by atoms with Crippen LogP contribution < -0.4 is 5.32 Å². The molecule has 1 N–H and O–H groups in total. The maximum Gasteiger partial charge on any atom is 0.234 e. The van der Waals surface area contributed by atoms with Crippen molar-refractivity contribution in [3.63, 3.8) is 0 Å². The number of fused-ring (bicyclic) bond motifs is 1. The van der Waals surface area contributed by atoms with Crippen LogP contribution in [0, 0.1) is 0 Å². The van der Waals surface area contributed by atoms with Crippen molar-refractivity contribution < 1.29 is 4.79 Å². The van der Waals surface area contributed by atoms with Gasteiger partial charge in [-0.15, -0.1) is 0 Å². The summed E-state index contributed by atoms with van der Waals surface area (Å²) < 4.78 is 0. The number of rotatable bonds is 5. The number of nitrogens with one attached hydrogen (secondary N) is 1. The average Bonchev–Trinajstić information content (AvgIpc) is 2.55. The van der Waals surface area contributed by atoms with Crippen LogP contribution in [0.25, 0.3) is 0 Å². The van der Waals surface area contributed by atoms with Crippen molar-refractivity contribution in [2.75, 3.05) is 13.6 Å². The van der Waals surface area contributed by atoms with Crippen LogP contribution in [0.3, 0.4) is 0 Å². The topological polar surface area (TPSA) is 32.3 Å². The predicted molar refractivity (Wildman–Crippen MR) is 98.0 cm³/mol. The van der Waals surface area contributed by atoms with Crippen LogP contribution in [0.4, 0.5) is 0 Å². The van der Waals surface area contributed by atoms with Crippen molar-refractivity contribution in [2.45, 2.75) is 31.8 Å². The van der Waals surface area contributed by atoms with E-state index in [1.807, 2.05) is 36.2 Å². The van der Waals surface area contributed by atoms with Gasteiger partial charge in [-0.05, 0) is 55.1 Å². The summed E-state index contributed by atoms with van der Waals surface area (Å²) in [5.41, 5.74) is 3.75. The lowest BCUT2D eigenvalue weighted by molar-refractivity contribution is -0.122. The quantitative estimate of drug-likeness (QED) is 0.891. The first-order valence-corrected chi connectivity index (χ1v) is 8.80. The van der Waals surface area contributed by atoms with Crippen LogP contribution in [-0.2, 0) is 17.8 Å². The lowest BCUT2D eigenvalue weighted by atomic mass is 9.88. The van der Waals surface area contributed by atoms with Crippen LogP contribution in [0.1, 0.15) is 35.6 Å². The van der Waals surface area contributed by atoms with Crippen molar-refractivity contribution in [3.05, 3.63) is 70.2 Å². The van der Waals surface area contributed by atoms with Crippen LogP contribution in [0.15, 0.2) is 48.5 Å². The Labute approximate surface area is 148 Å². The molecule has 0 fully saturated rings. The molecule has 1 amide bonds. The highest BCUT2D eigenvalue weighted by molar-refractivity contribution is 6.30. The number of amides is 1. The molecule has 24 heavy (non-hydrogen) atoms. The normalized spacial score (nSPS) is 16.7. The standard InChI is InChI=1S/C20H23ClN2O/c1-23(13-15-6-4-9-17(21)12-15)14-20(24)22-19-11-5-8-16-7-2-3-10-18(16)19/h2-4,6-7,9-10,12,19H,5,8,11,13-14H2,1H3,(H,22,24)/t19-/m1/s1. The fourth-order valence-electron chi connectivity index (χ4n) is 3.39. The maximum absolute atomic E-state index is 12.4. The highest BCUT2D eigenvalue weighted by atomic mass is 35.5. The molecule has 0 unspecified atom stereocenters. The van der Waals surface area contributed by atoms with E-state index in [1.165, 1.54) is 11.1 Å². The van der Waals surface area contributed by atoms with Gasteiger partial charge in [0.25, 0.3) is 0 Å². The summed E-state index contributed by atoms with van der Waals surface area (Å²) >= 11 is 6.01. The Morgan fingerprint density at radius 3 is 2.92 bits per heavy atom. The molecule has 2 aromatic carbocycles. The first-order valence-electron chi connectivity index (χ1n) is 8.42. The Morgan fingerprint density at radius 2 is 2.08 bits per heavy atom. The number of aryl methyl sites for hydroxylation is 1. The smallest absolute Gasteiger partial charge is 0.234 e. The molecule has 0 saturated carbocycles. The van der Waals surface area contributed by atoms with Crippen molar-refractivity contribution >= 4 is 17.5 Å². The fourth-order valence-corrected chi connectivity index (χ4v) is 3.60. The van der Waals surface area contributed by atoms with E-state index in [1.54, 1.807) is 0 Å². The van der Waals surface area contributed by atoms with Crippen LogP contribution in [0.2, 0.25) is 5.02 Å². The Bertz CT molecular complexity index is 716. The van der Waals surface area contributed by atoms with Crippen LogP contribution in [0.5, 0.6) is 0 Å². The summed E-state index contributed by atoms with van der Waals surface area (Å²) in [6, 6.07) is 16.3. The van der Waals surface area contributed by atoms with E-state index in [0.29, 0.717) is 13.1 Å². The lowest BCUT2D eigenvalue weighted by Gasteiger charge is -2.27. The average molecular weight is 343 g/mol. The van der Waals surface area contributed by atoms with E-state index >= 15 is 0 Å². The number of nitrogens with zero attached hydrogens (tertiary/aromatic N) is 1. The van der Waals surface area contributed by atoms with Crippen LogP contribution in [-0.4, -0.2) is 24.4 Å². The molecule has 0 bridgehead atoms. The number of hydrogen-bond donors (Lipinski definition) is 1. The molecule has 0 heterocycles. The zero-order valence-corrected chi connectivity index (χ0v) is 14.7. The van der Waals surface area contributed by atoms with Gasteiger partial charge in [0.2, 0.25) is 5.91 Å². The number of halogens is 1. The highest BCUT2D eigenvalue weighted by Gasteiger charge is 2.21. The van der Waals surface area contributed by atoms with Crippen molar-refractivity contribution in [2.24, 2.45) is 0 Å². The molecule has 2 aromatic rings. The number of benzene rings is 2. The van der Waals surface area contributed by atoms with Gasteiger partial charge in [-0.25, -0.2) is 0 Å². The van der Waals surface area contributed by atoms with E-state index in [0.717, 1.165) is 29.8 Å². The summed E-state index contributed by atoms with van der Waals surface area (Å²) in [7, 11) is 1.95. The molecular weight excluding hydrogens is 320 g/mol. The molecule has 1 aliphatic rings. The summed E-state index contributed by atoms with van der Waals surface area (Å²) in [4.78, 5) is 14.4. The second-order valence-electron chi connectivity index (χ2n) is 6.51. The van der Waals surface area contributed by atoms with Gasteiger partial charge in [-0.1, -0.05) is 48.0 Å². The summed E-state index contributed by atoms with van der Waals surface area (Å²) in [6.45, 7) is 1.08. The number of hydrogen-bond acceptors (Lipinski definition) is 2. The van der Waals surface area contributed by atoms with Crippen LogP contribution >= 0.6 is 11.6 Å². The van der Waals surface area contributed by atoms with Crippen molar-refractivity contribution in [3.8, 4) is 0 Å². The highest BCUT2D eigenvalue weighted by Crippen LogP contribution is 2.29. The van der Waals surface area contributed by atoms with Gasteiger partial charge in [0, 0.05) is 11.6 Å². The fraction of sp³-hybridized carbons (Fsp3) is 0.350. The summed E-state index contributed by atoms with van der Waals surface area (Å²) in [5, 5.41) is 3.92. The second-order valence-corrected chi connectivity index (χ2v) is 6.95. The third kappa shape index (κ3) is 4.37. The van der Waals surface area contributed by atoms with E-state index in [4.69, 9.17) is 11.6 Å². The number of carbonyl (C=O) groups excluding carboxylic acids is 1. The molecule has 1 atom stereocenters. The first-order chi connectivity index (χ1) is 11.6. The molecule has 3 rings (SSSR count). The first kappa shape index (κ1) is 17.0. The minimum absolute atomic E-state index is 0.0706. The molecule has 3 nitrogen and oxygen atoms in total. The molecule has 0 spiro atoms. The predicted octanol–water partition coefficient (Wildman–Crippen LogP) is 3.97. The third-order valence-corrected chi connectivity index (χ3v) is 4.69. The molecule has 0 aliphatic heterocycles. The number of likely N-dealkylation sites (N-methyl/N-ethyl adjacent to an activating group) is 1. The van der Waals surface area contributed by atoms with Gasteiger partial charge < -0.3 is 5.32 Å². The molecule has 0 aromatic heterocycles. The minimum Gasteiger partial charge on any atom is -0.348 e. The Kier molecular flexibility index (Phi) is 5.54. The Morgan fingerprint density at radius 1 is 1.25 bits per heavy atom. The van der Waals surface area contributed by atoms with Gasteiger partial charge in [0.1, 0.15) is 0 Å². The number of carbonyl (C=O) groups is 1. The molecule has 0 radical (unpaired) electrons. The zero-order chi connectivity index (χ0) is 16.9. The van der Waals surface area contributed by atoms with E-state index < -0.39 is 0 Å². The molecular formula is C20H23ClN2O. The lowest BCUT2D eigenvalue weighted by Crippen LogP contribution is -2.38. The van der Waals surface area contributed by atoms with Crippen molar-refractivity contribution in [1.29, 1.82) is 0 Å². The van der Waals surface area contributed by atoms with Gasteiger partial charge in [-0.3, -0.25) is 9.69 Å². The maximum atomic E-state index is 12.4. The van der Waals surface area contributed by atoms with Crippen molar-refractivity contribution in [1.82, 2.24) is 10.2 Å². The molecule has 4 heteroatoms. The van der Waals surface area contributed by atoms with Gasteiger partial charge in [-0.2, -0.15) is 0 Å². The van der Waals surface area contributed by atoms with E-state index in [9.17, 15) is 4.79 Å². The Hall–Kier alpha value is -1.84. The van der Waals surface area contributed by atoms with Gasteiger partial charge >= 0.3 is 0 Å². The SMILES string of the molecule is CN(CC(=O)N[C@@H]1CCCc2ccccc21)Cc1cccc(Cl)c1. The largest absolute Gasteiger partial charge is 0.348 e. The third-order valence-electron chi connectivity index (χ3n) is 4.46. The minimum atomic E-state index is 0.0706. The van der Waals surface area contributed by atoms with E-state index in [-0.39, 0.29) is 11.9 Å². The monoisotopic (exact) mass is 342 g/mol.